The zero-order valence-corrected chi connectivity index (χ0v) is 22.7. The third-order valence-electron chi connectivity index (χ3n) is 5.50. The van der Waals surface area contributed by atoms with Crippen LogP contribution in [0.1, 0.15) is 25.2 Å². The van der Waals surface area contributed by atoms with Gasteiger partial charge in [0.1, 0.15) is 12.4 Å². The maximum absolute atomic E-state index is 13.4. The number of aliphatic imine (C=N–C) groups is 1. The molecule has 0 spiro atoms. The van der Waals surface area contributed by atoms with Gasteiger partial charge in [0.2, 0.25) is 11.7 Å². The molecule has 39 heavy (non-hydrogen) atoms. The minimum Gasteiger partial charge on any atom is -0.493 e. The summed E-state index contributed by atoms with van der Waals surface area (Å²) in [6.07, 6.45) is 5.19. The van der Waals surface area contributed by atoms with Crippen LogP contribution in [0.25, 0.3) is 0 Å². The number of methoxy groups -OCH3 is 1. The number of nitrogens with zero attached hydrogens (tertiary/aromatic N) is 3. The molecule has 0 bridgehead atoms. The van der Waals surface area contributed by atoms with Crippen LogP contribution in [0.3, 0.4) is 0 Å². The SMILES string of the molecule is COc1ccccc1OC1(c2ncccn2)N=C(OCCO)C=C(NS(=O)(=O)c2ccc(CC(C)C)cc2)N1. The number of hydrogen-bond donors (Lipinski definition) is 3. The summed E-state index contributed by atoms with van der Waals surface area (Å²) in [5.41, 5.74) is 1.04. The number of aliphatic hydroxyl groups is 1. The lowest BCUT2D eigenvalue weighted by Gasteiger charge is -2.34. The van der Waals surface area contributed by atoms with Crippen LogP contribution in [0.5, 0.6) is 11.5 Å². The smallest absolute Gasteiger partial charge is 0.347 e. The third kappa shape index (κ3) is 6.84. The standard InChI is InChI=1S/C27H31N5O6S/c1-19(2)17-20-9-11-21(12-10-20)39(34,35)32-24-18-25(37-16-15-33)31-27(30-24,26-28-13-6-14-29-26)38-23-8-5-4-7-22(23)36-3/h4-14,18-19,30,32-33H,15-17H2,1-3H3. The third-order valence-corrected chi connectivity index (χ3v) is 6.88. The summed E-state index contributed by atoms with van der Waals surface area (Å²) in [7, 11) is -2.54. The Kier molecular flexibility index (Phi) is 8.67. The van der Waals surface area contributed by atoms with Gasteiger partial charge in [0, 0.05) is 18.5 Å². The molecule has 3 N–H and O–H groups in total. The van der Waals surface area contributed by atoms with Crippen molar-refractivity contribution in [3.05, 3.63) is 90.3 Å². The Hall–Kier alpha value is -4.16. The Morgan fingerprint density at radius 2 is 1.72 bits per heavy atom. The molecule has 0 saturated heterocycles. The van der Waals surface area contributed by atoms with Crippen LogP contribution >= 0.6 is 0 Å². The number of rotatable bonds is 11. The number of hydrogen-bond acceptors (Lipinski definition) is 10. The average molecular weight is 554 g/mol. The largest absolute Gasteiger partial charge is 0.493 e. The number of benzene rings is 2. The number of nitrogens with one attached hydrogen (secondary N) is 2. The molecule has 1 aliphatic heterocycles. The Balaban J connectivity index is 1.73. The van der Waals surface area contributed by atoms with Gasteiger partial charge in [0.15, 0.2) is 11.5 Å². The van der Waals surface area contributed by atoms with Crippen LogP contribution in [-0.4, -0.2) is 49.7 Å². The summed E-state index contributed by atoms with van der Waals surface area (Å²) in [4.78, 5) is 13.2. The van der Waals surface area contributed by atoms with Crippen LogP contribution in [0.2, 0.25) is 0 Å². The van der Waals surface area contributed by atoms with Crippen molar-refractivity contribution in [3.63, 3.8) is 0 Å². The van der Waals surface area contributed by atoms with Crippen molar-refractivity contribution in [1.82, 2.24) is 20.0 Å². The number of sulfonamides is 1. The molecule has 1 aliphatic rings. The molecule has 0 radical (unpaired) electrons. The molecular formula is C27H31N5O6S. The number of aromatic nitrogens is 2. The Labute approximate surface area is 227 Å². The topological polar surface area (TPSA) is 144 Å². The highest BCUT2D eigenvalue weighted by Crippen LogP contribution is 2.34. The molecular weight excluding hydrogens is 522 g/mol. The van der Waals surface area contributed by atoms with Crippen molar-refractivity contribution in [2.75, 3.05) is 20.3 Å². The zero-order chi connectivity index (χ0) is 27.9. The Bertz CT molecular complexity index is 1430. The monoisotopic (exact) mass is 553 g/mol. The second kappa shape index (κ2) is 12.1. The van der Waals surface area contributed by atoms with Crippen LogP contribution in [0, 0.1) is 5.92 Å². The Morgan fingerprint density at radius 3 is 2.36 bits per heavy atom. The fourth-order valence-corrected chi connectivity index (χ4v) is 4.86. The van der Waals surface area contributed by atoms with Crippen LogP contribution in [0.15, 0.2) is 88.8 Å². The molecule has 3 aromatic rings. The number of aliphatic hydroxyl groups excluding tert-OH is 1. The molecule has 1 atom stereocenters. The van der Waals surface area contributed by atoms with Gasteiger partial charge in [-0.1, -0.05) is 38.1 Å². The average Bonchev–Trinajstić information content (AvgIpc) is 2.92. The molecule has 1 unspecified atom stereocenters. The maximum atomic E-state index is 13.4. The highest BCUT2D eigenvalue weighted by Gasteiger charge is 2.43. The van der Waals surface area contributed by atoms with Gasteiger partial charge in [0.05, 0.1) is 18.6 Å². The lowest BCUT2D eigenvalue weighted by Crippen LogP contribution is -2.52. The van der Waals surface area contributed by atoms with E-state index in [0.29, 0.717) is 11.7 Å². The summed E-state index contributed by atoms with van der Waals surface area (Å²) in [5.74, 6) is -0.675. The van der Waals surface area contributed by atoms with E-state index < -0.39 is 15.9 Å². The van der Waals surface area contributed by atoms with Crippen LogP contribution < -0.4 is 19.5 Å². The van der Waals surface area contributed by atoms with Gasteiger partial charge in [-0.25, -0.2) is 18.4 Å². The lowest BCUT2D eigenvalue weighted by molar-refractivity contribution is 0.0299. The normalized spacial score (nSPS) is 17.1. The van der Waals surface area contributed by atoms with E-state index in [-0.39, 0.29) is 41.4 Å². The molecule has 4 rings (SSSR count). The predicted molar refractivity (Wildman–Crippen MR) is 144 cm³/mol. The predicted octanol–water partition coefficient (Wildman–Crippen LogP) is 2.70. The van der Waals surface area contributed by atoms with Crippen molar-refractivity contribution in [3.8, 4) is 11.5 Å². The van der Waals surface area contributed by atoms with E-state index in [4.69, 9.17) is 14.2 Å². The molecule has 206 valence electrons. The van der Waals surface area contributed by atoms with Crippen molar-refractivity contribution < 1.29 is 27.7 Å². The zero-order valence-electron chi connectivity index (χ0n) is 21.9. The van der Waals surface area contributed by atoms with E-state index in [1.807, 2.05) is 0 Å². The van der Waals surface area contributed by atoms with Crippen molar-refractivity contribution in [2.45, 2.75) is 31.0 Å². The van der Waals surface area contributed by atoms with Gasteiger partial charge in [0.25, 0.3) is 10.0 Å². The van der Waals surface area contributed by atoms with Gasteiger partial charge in [-0.05, 0) is 48.2 Å². The lowest BCUT2D eigenvalue weighted by atomic mass is 10.0. The second-order valence-corrected chi connectivity index (χ2v) is 10.7. The van der Waals surface area contributed by atoms with Gasteiger partial charge >= 0.3 is 5.85 Å². The molecule has 11 nitrogen and oxygen atoms in total. The minimum atomic E-state index is -4.03. The summed E-state index contributed by atoms with van der Waals surface area (Å²) < 4.78 is 46.6. The van der Waals surface area contributed by atoms with Crippen LogP contribution in [0.4, 0.5) is 0 Å². The highest BCUT2D eigenvalue weighted by molar-refractivity contribution is 7.89. The van der Waals surface area contributed by atoms with Crippen molar-refractivity contribution in [2.24, 2.45) is 10.9 Å². The van der Waals surface area contributed by atoms with Gasteiger partial charge in [-0.2, -0.15) is 4.99 Å². The molecule has 12 heteroatoms. The van der Waals surface area contributed by atoms with E-state index in [2.05, 4.69) is 38.8 Å². The first-order valence-corrected chi connectivity index (χ1v) is 13.8. The first-order valence-electron chi connectivity index (χ1n) is 12.3. The molecule has 2 aromatic carbocycles. The number of para-hydroxylation sites is 2. The molecule has 1 aromatic heterocycles. The number of ether oxygens (including phenoxy) is 3. The first-order chi connectivity index (χ1) is 18.7. The van der Waals surface area contributed by atoms with Crippen LogP contribution in [-0.2, 0) is 27.0 Å². The van der Waals surface area contributed by atoms with E-state index in [9.17, 15) is 13.5 Å². The molecule has 0 aliphatic carbocycles. The molecule has 0 saturated carbocycles. The highest BCUT2D eigenvalue weighted by atomic mass is 32.2. The van der Waals surface area contributed by atoms with E-state index in [1.54, 1.807) is 54.6 Å². The van der Waals surface area contributed by atoms with Gasteiger partial charge in [-0.3, -0.25) is 4.72 Å². The summed E-state index contributed by atoms with van der Waals surface area (Å²) in [6, 6.07) is 15.2. The Morgan fingerprint density at radius 1 is 1.03 bits per heavy atom. The summed E-state index contributed by atoms with van der Waals surface area (Å²) >= 11 is 0. The van der Waals surface area contributed by atoms with Gasteiger partial charge in [-0.15, -0.1) is 0 Å². The van der Waals surface area contributed by atoms with E-state index >= 15 is 0 Å². The minimum absolute atomic E-state index is 0.00783. The second-order valence-electron chi connectivity index (χ2n) is 9.02. The van der Waals surface area contributed by atoms with Crippen molar-refractivity contribution in [1.29, 1.82) is 0 Å². The van der Waals surface area contributed by atoms with E-state index in [0.717, 1.165) is 12.0 Å². The molecule has 0 fully saturated rings. The summed E-state index contributed by atoms with van der Waals surface area (Å²) in [5, 5.41) is 12.3. The first kappa shape index (κ1) is 27.9. The quantitative estimate of drug-likeness (QED) is 0.326. The maximum Gasteiger partial charge on any atom is 0.347 e. The fraction of sp³-hybridized carbons (Fsp3) is 0.296. The van der Waals surface area contributed by atoms with Gasteiger partial charge < -0.3 is 24.6 Å². The summed E-state index contributed by atoms with van der Waals surface area (Å²) in [6.45, 7) is 3.82. The van der Waals surface area contributed by atoms with Crippen molar-refractivity contribution >= 4 is 15.9 Å². The molecule has 0 amide bonds. The van der Waals surface area contributed by atoms with E-state index in [1.165, 1.54) is 25.6 Å². The fourth-order valence-electron chi connectivity index (χ4n) is 3.85. The molecule has 2 heterocycles.